The molecule has 0 fully saturated rings. The molecule has 0 unspecified atom stereocenters. The molecule has 0 aliphatic rings. The second kappa shape index (κ2) is 10.1. The molecule has 8 heteroatoms. The number of hydrogen-bond donors (Lipinski definition) is 3. The standard InChI is InChI=1S/C9H9F3O.C6H11N3O/c1-2-7-4-3-5-8(6-7)13-9(10,11)12;1-5(7)2-3-6(8)9-4-10/h3-6H,2H2,1H3;2-4H,7-8H2,1H3,(H,9,10)/b;5-2-,6-3+. The van der Waals surface area contributed by atoms with E-state index in [1.165, 1.54) is 18.2 Å². The van der Waals surface area contributed by atoms with Gasteiger partial charge in [0.25, 0.3) is 0 Å². The summed E-state index contributed by atoms with van der Waals surface area (Å²) in [6.07, 6.45) is -0.289. The van der Waals surface area contributed by atoms with E-state index in [1.54, 1.807) is 25.1 Å². The maximum atomic E-state index is 11.8. The van der Waals surface area contributed by atoms with E-state index in [4.69, 9.17) is 11.5 Å². The summed E-state index contributed by atoms with van der Waals surface area (Å²) < 4.78 is 39.0. The van der Waals surface area contributed by atoms with Gasteiger partial charge in [0.2, 0.25) is 6.41 Å². The SMILES string of the molecule is C/C(N)=C/C=C(\N)NC=O.CCc1cccc(OC(F)(F)F)c1. The monoisotopic (exact) mass is 331 g/mol. The van der Waals surface area contributed by atoms with Gasteiger partial charge in [0.05, 0.1) is 0 Å². The van der Waals surface area contributed by atoms with Crippen molar-refractivity contribution in [1.29, 1.82) is 0 Å². The second-order valence-electron chi connectivity index (χ2n) is 4.34. The third-order valence-corrected chi connectivity index (χ3v) is 2.29. The maximum absolute atomic E-state index is 11.8. The first-order valence-electron chi connectivity index (χ1n) is 6.62. The zero-order valence-electron chi connectivity index (χ0n) is 12.9. The Morgan fingerprint density at radius 2 is 1.96 bits per heavy atom. The minimum absolute atomic E-state index is 0.160. The summed E-state index contributed by atoms with van der Waals surface area (Å²) in [5.74, 6) is 0.117. The number of nitrogens with one attached hydrogen (secondary N) is 1. The largest absolute Gasteiger partial charge is 0.573 e. The fourth-order valence-corrected chi connectivity index (χ4v) is 1.30. The van der Waals surface area contributed by atoms with Crippen LogP contribution < -0.4 is 21.5 Å². The van der Waals surface area contributed by atoms with E-state index >= 15 is 0 Å². The molecule has 5 N–H and O–H groups in total. The Morgan fingerprint density at radius 3 is 2.43 bits per heavy atom. The van der Waals surface area contributed by atoms with Crippen LogP contribution in [0, 0.1) is 0 Å². The van der Waals surface area contributed by atoms with E-state index in [2.05, 4.69) is 10.1 Å². The molecule has 1 amide bonds. The number of carbonyl (C=O) groups excluding carboxylic acids is 1. The molecule has 1 aromatic rings. The molecular weight excluding hydrogens is 311 g/mol. The van der Waals surface area contributed by atoms with E-state index in [-0.39, 0.29) is 11.6 Å². The van der Waals surface area contributed by atoms with Crippen LogP contribution in [-0.4, -0.2) is 12.8 Å². The Balaban J connectivity index is 0.000000438. The molecule has 0 aliphatic heterocycles. The molecule has 0 heterocycles. The van der Waals surface area contributed by atoms with Gasteiger partial charge in [0.1, 0.15) is 11.6 Å². The van der Waals surface area contributed by atoms with Gasteiger partial charge in [-0.25, -0.2) is 0 Å². The highest BCUT2D eigenvalue weighted by molar-refractivity contribution is 5.49. The number of ether oxygens (including phenoxy) is 1. The van der Waals surface area contributed by atoms with E-state index in [0.717, 1.165) is 5.56 Å². The lowest BCUT2D eigenvalue weighted by Gasteiger charge is -2.09. The first-order valence-corrected chi connectivity index (χ1v) is 6.62. The molecule has 5 nitrogen and oxygen atoms in total. The molecule has 0 atom stereocenters. The summed E-state index contributed by atoms with van der Waals surface area (Å²) in [7, 11) is 0. The summed E-state index contributed by atoms with van der Waals surface area (Å²) >= 11 is 0. The van der Waals surface area contributed by atoms with Gasteiger partial charge in [-0.1, -0.05) is 19.1 Å². The van der Waals surface area contributed by atoms with Gasteiger partial charge in [0.15, 0.2) is 0 Å². The highest BCUT2D eigenvalue weighted by Gasteiger charge is 2.30. The second-order valence-corrected chi connectivity index (χ2v) is 4.34. The van der Waals surface area contributed by atoms with E-state index in [0.29, 0.717) is 18.5 Å². The number of hydrogen-bond acceptors (Lipinski definition) is 4. The summed E-state index contributed by atoms with van der Waals surface area (Å²) in [6, 6.07) is 5.96. The van der Waals surface area contributed by atoms with Crippen LogP contribution in [0.5, 0.6) is 5.75 Å². The van der Waals surface area contributed by atoms with Crippen LogP contribution in [0.2, 0.25) is 0 Å². The summed E-state index contributed by atoms with van der Waals surface area (Å²) in [4.78, 5) is 9.78. The summed E-state index contributed by atoms with van der Waals surface area (Å²) in [5, 5.41) is 2.26. The van der Waals surface area contributed by atoms with Crippen LogP contribution in [0.15, 0.2) is 47.9 Å². The minimum Gasteiger partial charge on any atom is -0.406 e. The molecule has 0 aliphatic carbocycles. The average Bonchev–Trinajstić information content (AvgIpc) is 2.44. The number of rotatable bonds is 5. The molecule has 0 bridgehead atoms. The van der Waals surface area contributed by atoms with Crippen molar-refractivity contribution in [3.8, 4) is 5.75 Å². The van der Waals surface area contributed by atoms with Crippen molar-refractivity contribution in [3.63, 3.8) is 0 Å². The number of amides is 1. The third-order valence-electron chi connectivity index (χ3n) is 2.29. The van der Waals surface area contributed by atoms with Crippen LogP contribution in [0.4, 0.5) is 13.2 Å². The molecule has 1 aromatic carbocycles. The van der Waals surface area contributed by atoms with Crippen LogP contribution in [0.1, 0.15) is 19.4 Å². The fourth-order valence-electron chi connectivity index (χ4n) is 1.30. The summed E-state index contributed by atoms with van der Waals surface area (Å²) in [6.45, 7) is 3.59. The van der Waals surface area contributed by atoms with Gasteiger partial charge in [0, 0.05) is 5.70 Å². The molecule has 0 radical (unpaired) electrons. The van der Waals surface area contributed by atoms with Crippen molar-refractivity contribution in [1.82, 2.24) is 5.32 Å². The van der Waals surface area contributed by atoms with Gasteiger partial charge in [-0.3, -0.25) is 4.79 Å². The van der Waals surface area contributed by atoms with Crippen molar-refractivity contribution < 1.29 is 22.7 Å². The first-order chi connectivity index (χ1) is 10.7. The quantitative estimate of drug-likeness (QED) is 0.571. The van der Waals surface area contributed by atoms with Gasteiger partial charge in [-0.15, -0.1) is 13.2 Å². The lowest BCUT2D eigenvalue weighted by atomic mass is 10.2. The van der Waals surface area contributed by atoms with Crippen molar-refractivity contribution in [3.05, 3.63) is 53.5 Å². The predicted molar refractivity (Wildman–Crippen MR) is 81.9 cm³/mol. The fraction of sp³-hybridized carbons (Fsp3) is 0.267. The van der Waals surface area contributed by atoms with Crippen LogP contribution in [0.3, 0.4) is 0 Å². The molecule has 0 aromatic heterocycles. The van der Waals surface area contributed by atoms with Gasteiger partial charge < -0.3 is 21.5 Å². The van der Waals surface area contributed by atoms with Gasteiger partial charge >= 0.3 is 6.36 Å². The van der Waals surface area contributed by atoms with Crippen LogP contribution in [-0.2, 0) is 11.2 Å². The normalized spacial score (nSPS) is 12.0. The molecule has 1 rings (SSSR count). The summed E-state index contributed by atoms with van der Waals surface area (Å²) in [5.41, 5.74) is 12.0. The molecular formula is C15H20F3N3O2. The lowest BCUT2D eigenvalue weighted by Crippen LogP contribution is -2.17. The van der Waals surface area contributed by atoms with E-state index in [9.17, 15) is 18.0 Å². The topological polar surface area (TPSA) is 90.4 Å². The van der Waals surface area contributed by atoms with Crippen molar-refractivity contribution >= 4 is 6.41 Å². The third kappa shape index (κ3) is 11.7. The van der Waals surface area contributed by atoms with Gasteiger partial charge in [-0.05, 0) is 43.2 Å². The number of carbonyl (C=O) groups is 1. The average molecular weight is 331 g/mol. The van der Waals surface area contributed by atoms with Crippen molar-refractivity contribution in [2.24, 2.45) is 11.5 Å². The maximum Gasteiger partial charge on any atom is 0.573 e. The Morgan fingerprint density at radius 1 is 1.30 bits per heavy atom. The molecule has 0 saturated carbocycles. The number of alkyl halides is 3. The zero-order valence-corrected chi connectivity index (χ0v) is 12.9. The molecule has 0 saturated heterocycles. The molecule has 23 heavy (non-hydrogen) atoms. The molecule has 0 spiro atoms. The predicted octanol–water partition coefficient (Wildman–Crippen LogP) is 2.54. The van der Waals surface area contributed by atoms with Crippen LogP contribution >= 0.6 is 0 Å². The number of benzene rings is 1. The van der Waals surface area contributed by atoms with Gasteiger partial charge in [-0.2, -0.15) is 0 Å². The Kier molecular flexibility index (Phi) is 8.98. The van der Waals surface area contributed by atoms with E-state index < -0.39 is 6.36 Å². The lowest BCUT2D eigenvalue weighted by molar-refractivity contribution is -0.274. The van der Waals surface area contributed by atoms with E-state index in [1.807, 2.05) is 6.92 Å². The Hall–Kier alpha value is -2.64. The van der Waals surface area contributed by atoms with Crippen molar-refractivity contribution in [2.45, 2.75) is 26.6 Å². The number of halogens is 3. The highest BCUT2D eigenvalue weighted by Crippen LogP contribution is 2.23. The smallest absolute Gasteiger partial charge is 0.406 e. The van der Waals surface area contributed by atoms with Crippen molar-refractivity contribution in [2.75, 3.05) is 0 Å². The Bertz CT molecular complexity index is 551. The number of nitrogens with two attached hydrogens (primary N) is 2. The number of aryl methyl sites for hydroxylation is 1. The zero-order chi connectivity index (χ0) is 17.9. The molecule has 128 valence electrons. The first kappa shape index (κ1) is 20.4. The Labute approximate surface area is 132 Å². The number of allylic oxidation sites excluding steroid dienone is 3. The van der Waals surface area contributed by atoms with Crippen LogP contribution in [0.25, 0.3) is 0 Å². The highest BCUT2D eigenvalue weighted by atomic mass is 19.4. The minimum atomic E-state index is -4.60.